The van der Waals surface area contributed by atoms with Gasteiger partial charge in [0.25, 0.3) is 11.8 Å². The van der Waals surface area contributed by atoms with Crippen LogP contribution < -0.4 is 5.32 Å². The van der Waals surface area contributed by atoms with E-state index in [0.717, 1.165) is 4.90 Å². The number of nitrogens with one attached hydrogen (secondary N) is 1. The molecule has 2 aromatic carbocycles. The first kappa shape index (κ1) is 21.0. The number of halogens is 2. The number of anilines is 1. The molecule has 0 radical (unpaired) electrons. The van der Waals surface area contributed by atoms with Gasteiger partial charge in [0.2, 0.25) is 11.8 Å². The maximum Gasteiger partial charge on any atom is 0.261 e. The molecule has 4 amide bonds. The first-order valence-electron chi connectivity index (χ1n) is 8.72. The van der Waals surface area contributed by atoms with Gasteiger partial charge in [-0.2, -0.15) is 0 Å². The number of hydrogen-bond acceptors (Lipinski definition) is 4. The molecule has 7 nitrogen and oxygen atoms in total. The zero-order valence-corrected chi connectivity index (χ0v) is 17.8. The van der Waals surface area contributed by atoms with Crippen LogP contribution in [0.3, 0.4) is 0 Å². The number of fused-ring (bicyclic) bond motifs is 1. The van der Waals surface area contributed by atoms with Gasteiger partial charge in [0.1, 0.15) is 0 Å². The summed E-state index contributed by atoms with van der Waals surface area (Å²) in [6.07, 6.45) is -0.0808. The third-order valence-electron chi connectivity index (χ3n) is 4.44. The Morgan fingerprint density at radius 3 is 2.52 bits per heavy atom. The lowest BCUT2D eigenvalue weighted by Crippen LogP contribution is -2.38. The molecular formula is C20H17BrClN3O4. The molecule has 1 N–H and O–H groups in total. The topological polar surface area (TPSA) is 86.8 Å². The third kappa shape index (κ3) is 4.65. The first-order chi connectivity index (χ1) is 13.8. The molecule has 0 saturated carbocycles. The molecule has 0 bridgehead atoms. The second-order valence-electron chi connectivity index (χ2n) is 6.48. The van der Waals surface area contributed by atoms with Gasteiger partial charge in [0.05, 0.1) is 28.4 Å². The van der Waals surface area contributed by atoms with Crippen molar-refractivity contribution in [1.29, 1.82) is 0 Å². The average molecular weight is 479 g/mol. The minimum absolute atomic E-state index is 0.0563. The lowest BCUT2D eigenvalue weighted by Gasteiger charge is -2.19. The van der Waals surface area contributed by atoms with E-state index in [1.807, 2.05) is 0 Å². The molecule has 3 rings (SSSR count). The van der Waals surface area contributed by atoms with Crippen LogP contribution in [0.5, 0.6) is 0 Å². The SMILES string of the molecule is CN(CC(=O)Nc1ccccc1Cl)C(=O)CCN1C(=O)c2ccc(Br)cc2C1=O. The Labute approximate surface area is 180 Å². The van der Waals surface area contributed by atoms with Crippen molar-refractivity contribution in [2.45, 2.75) is 6.42 Å². The molecule has 0 aliphatic carbocycles. The molecule has 29 heavy (non-hydrogen) atoms. The van der Waals surface area contributed by atoms with Crippen molar-refractivity contribution in [1.82, 2.24) is 9.80 Å². The summed E-state index contributed by atoms with van der Waals surface area (Å²) in [6.45, 7) is -0.238. The number of nitrogens with zero attached hydrogens (tertiary/aromatic N) is 2. The predicted octanol–water partition coefficient (Wildman–Crippen LogP) is 3.19. The molecule has 0 aromatic heterocycles. The highest BCUT2D eigenvalue weighted by Crippen LogP contribution is 2.26. The van der Waals surface area contributed by atoms with Crippen LogP contribution in [-0.2, 0) is 9.59 Å². The Balaban J connectivity index is 1.54. The quantitative estimate of drug-likeness (QED) is 0.646. The summed E-state index contributed by atoms with van der Waals surface area (Å²) in [5, 5.41) is 3.03. The molecule has 0 unspecified atom stereocenters. The zero-order chi connectivity index (χ0) is 21.1. The van der Waals surface area contributed by atoms with Gasteiger partial charge in [0.15, 0.2) is 0 Å². The highest BCUT2D eigenvalue weighted by molar-refractivity contribution is 9.10. The maximum atomic E-state index is 12.4. The number of carbonyl (C=O) groups excluding carboxylic acids is 4. The number of imide groups is 1. The fraction of sp³-hybridized carbons (Fsp3) is 0.200. The number of likely N-dealkylation sites (N-methyl/N-ethyl adjacent to an activating group) is 1. The van der Waals surface area contributed by atoms with Crippen LogP contribution in [-0.4, -0.2) is 53.6 Å². The Kier molecular flexibility index (Phi) is 6.34. The summed E-state index contributed by atoms with van der Waals surface area (Å²) >= 11 is 9.27. The van der Waals surface area contributed by atoms with E-state index in [2.05, 4.69) is 21.2 Å². The number of amides is 4. The molecule has 150 valence electrons. The summed E-state index contributed by atoms with van der Waals surface area (Å²) < 4.78 is 0.694. The van der Waals surface area contributed by atoms with Crippen LogP contribution in [0.4, 0.5) is 5.69 Å². The first-order valence-corrected chi connectivity index (χ1v) is 9.89. The van der Waals surface area contributed by atoms with Crippen LogP contribution >= 0.6 is 27.5 Å². The second-order valence-corrected chi connectivity index (χ2v) is 7.80. The van der Waals surface area contributed by atoms with Crippen LogP contribution in [0.25, 0.3) is 0 Å². The van der Waals surface area contributed by atoms with Gasteiger partial charge in [0, 0.05) is 24.5 Å². The second kappa shape index (κ2) is 8.75. The van der Waals surface area contributed by atoms with Crippen LogP contribution in [0.2, 0.25) is 5.02 Å². The van der Waals surface area contributed by atoms with E-state index < -0.39 is 17.7 Å². The van der Waals surface area contributed by atoms with Gasteiger partial charge in [-0.15, -0.1) is 0 Å². The normalized spacial score (nSPS) is 12.7. The highest BCUT2D eigenvalue weighted by Gasteiger charge is 2.35. The van der Waals surface area contributed by atoms with E-state index in [1.165, 1.54) is 11.9 Å². The summed E-state index contributed by atoms with van der Waals surface area (Å²) in [7, 11) is 1.48. The van der Waals surface area contributed by atoms with Gasteiger partial charge in [-0.3, -0.25) is 24.1 Å². The van der Waals surface area contributed by atoms with Gasteiger partial charge in [-0.1, -0.05) is 39.7 Å². The van der Waals surface area contributed by atoms with Crippen molar-refractivity contribution >= 4 is 56.8 Å². The van der Waals surface area contributed by atoms with Crippen LogP contribution in [0.15, 0.2) is 46.9 Å². The van der Waals surface area contributed by atoms with Crippen molar-refractivity contribution in [2.75, 3.05) is 25.5 Å². The van der Waals surface area contributed by atoms with Crippen molar-refractivity contribution in [2.24, 2.45) is 0 Å². The van der Waals surface area contributed by atoms with Crippen molar-refractivity contribution in [3.63, 3.8) is 0 Å². The Morgan fingerprint density at radius 2 is 1.79 bits per heavy atom. The largest absolute Gasteiger partial charge is 0.336 e. The van der Waals surface area contributed by atoms with E-state index in [-0.39, 0.29) is 25.4 Å². The molecular weight excluding hydrogens is 462 g/mol. The smallest absolute Gasteiger partial charge is 0.261 e. The van der Waals surface area contributed by atoms with Gasteiger partial charge >= 0.3 is 0 Å². The predicted molar refractivity (Wildman–Crippen MR) is 112 cm³/mol. The molecule has 0 fully saturated rings. The molecule has 2 aromatic rings. The fourth-order valence-corrected chi connectivity index (χ4v) is 3.46. The van der Waals surface area contributed by atoms with E-state index in [1.54, 1.807) is 42.5 Å². The summed E-state index contributed by atoms with van der Waals surface area (Å²) in [5.74, 6) is -1.63. The summed E-state index contributed by atoms with van der Waals surface area (Å²) in [5.41, 5.74) is 1.08. The maximum absolute atomic E-state index is 12.4. The molecule has 1 heterocycles. The monoisotopic (exact) mass is 477 g/mol. The number of benzene rings is 2. The molecule has 9 heteroatoms. The zero-order valence-electron chi connectivity index (χ0n) is 15.4. The van der Waals surface area contributed by atoms with E-state index >= 15 is 0 Å². The Morgan fingerprint density at radius 1 is 1.10 bits per heavy atom. The lowest BCUT2D eigenvalue weighted by molar-refractivity contribution is -0.133. The minimum Gasteiger partial charge on any atom is -0.336 e. The number of hydrogen-bond donors (Lipinski definition) is 1. The van der Waals surface area contributed by atoms with E-state index in [4.69, 9.17) is 11.6 Å². The van der Waals surface area contributed by atoms with E-state index in [0.29, 0.717) is 26.3 Å². The number of carbonyl (C=O) groups is 4. The Hall–Kier alpha value is -2.71. The average Bonchev–Trinajstić information content (AvgIpc) is 2.91. The van der Waals surface area contributed by atoms with Crippen molar-refractivity contribution in [3.8, 4) is 0 Å². The molecule has 0 saturated heterocycles. The van der Waals surface area contributed by atoms with Crippen molar-refractivity contribution < 1.29 is 19.2 Å². The third-order valence-corrected chi connectivity index (χ3v) is 5.26. The van der Waals surface area contributed by atoms with Crippen LogP contribution in [0.1, 0.15) is 27.1 Å². The number of para-hydroxylation sites is 1. The molecule has 1 aliphatic rings. The van der Waals surface area contributed by atoms with Gasteiger partial charge < -0.3 is 10.2 Å². The molecule has 0 atom stereocenters. The molecule has 1 aliphatic heterocycles. The number of rotatable bonds is 6. The van der Waals surface area contributed by atoms with E-state index in [9.17, 15) is 19.2 Å². The summed E-state index contributed by atoms with van der Waals surface area (Å²) in [4.78, 5) is 51.6. The highest BCUT2D eigenvalue weighted by atomic mass is 79.9. The minimum atomic E-state index is -0.432. The van der Waals surface area contributed by atoms with Gasteiger partial charge in [-0.05, 0) is 30.3 Å². The standard InChI is InChI=1S/C20H17BrClN3O4/c1-24(11-17(26)23-16-5-3-2-4-15(16)22)18(27)8-9-25-19(28)13-7-6-12(21)10-14(13)20(25)29/h2-7,10H,8-9,11H2,1H3,(H,23,26). The van der Waals surface area contributed by atoms with Gasteiger partial charge in [-0.25, -0.2) is 0 Å². The fourth-order valence-electron chi connectivity index (χ4n) is 2.92. The Bertz CT molecular complexity index is 1010. The summed E-state index contributed by atoms with van der Waals surface area (Å²) in [6, 6.07) is 11.6. The lowest BCUT2D eigenvalue weighted by atomic mass is 10.1. The molecule has 0 spiro atoms. The van der Waals surface area contributed by atoms with Crippen molar-refractivity contribution in [3.05, 3.63) is 63.1 Å². The van der Waals surface area contributed by atoms with Crippen LogP contribution in [0, 0.1) is 0 Å².